The van der Waals surface area contributed by atoms with Crippen molar-refractivity contribution in [2.24, 2.45) is 16.5 Å². The molecule has 3 rings (SSSR count). The van der Waals surface area contributed by atoms with E-state index in [0.717, 1.165) is 10.2 Å². The SMILES string of the molecule is N=C(N)c1ccc([N+](=O)[O-])cc1/C(N)=N/c1nc2ccccc2s1. The van der Waals surface area contributed by atoms with Gasteiger partial charge in [0.25, 0.3) is 5.69 Å². The molecule has 120 valence electrons. The summed E-state index contributed by atoms with van der Waals surface area (Å²) >= 11 is 1.35. The van der Waals surface area contributed by atoms with Crippen LogP contribution in [0.3, 0.4) is 0 Å². The van der Waals surface area contributed by atoms with Crippen LogP contribution in [0.5, 0.6) is 0 Å². The predicted octanol–water partition coefficient (Wildman–Crippen LogP) is 2.53. The Morgan fingerprint density at radius 3 is 2.62 bits per heavy atom. The lowest BCUT2D eigenvalue weighted by Gasteiger charge is -2.07. The largest absolute Gasteiger partial charge is 0.384 e. The maximum Gasteiger partial charge on any atom is 0.270 e. The third-order valence-corrected chi connectivity index (χ3v) is 4.21. The van der Waals surface area contributed by atoms with Crippen LogP contribution in [0, 0.1) is 15.5 Å². The number of hydrogen-bond donors (Lipinski definition) is 3. The molecular formula is C15H12N6O2S. The van der Waals surface area contributed by atoms with Gasteiger partial charge in [0, 0.05) is 23.3 Å². The van der Waals surface area contributed by atoms with Gasteiger partial charge in [0.15, 0.2) is 0 Å². The van der Waals surface area contributed by atoms with Crippen molar-refractivity contribution in [1.29, 1.82) is 5.41 Å². The van der Waals surface area contributed by atoms with Crippen LogP contribution < -0.4 is 11.5 Å². The number of nitrogen functional groups attached to an aromatic ring is 1. The number of nitrogens with zero attached hydrogens (tertiary/aromatic N) is 3. The molecule has 1 heterocycles. The average Bonchev–Trinajstić information content (AvgIpc) is 2.96. The van der Waals surface area contributed by atoms with E-state index in [4.69, 9.17) is 16.9 Å². The highest BCUT2D eigenvalue weighted by Gasteiger charge is 2.16. The second-order valence-electron chi connectivity index (χ2n) is 4.86. The number of nitrogens with one attached hydrogen (secondary N) is 1. The molecule has 0 fully saturated rings. The number of fused-ring (bicyclic) bond motifs is 1. The van der Waals surface area contributed by atoms with Crippen molar-refractivity contribution < 1.29 is 4.92 Å². The molecule has 1 aromatic heterocycles. The second-order valence-corrected chi connectivity index (χ2v) is 5.87. The quantitative estimate of drug-likeness (QED) is 0.289. The van der Waals surface area contributed by atoms with Gasteiger partial charge in [0.2, 0.25) is 5.13 Å². The van der Waals surface area contributed by atoms with E-state index < -0.39 is 4.92 Å². The summed E-state index contributed by atoms with van der Waals surface area (Å²) < 4.78 is 0.954. The number of nitrogens with two attached hydrogens (primary N) is 2. The first-order chi connectivity index (χ1) is 11.5. The summed E-state index contributed by atoms with van der Waals surface area (Å²) in [6, 6.07) is 11.4. The molecule has 24 heavy (non-hydrogen) atoms. The molecular weight excluding hydrogens is 328 g/mol. The highest BCUT2D eigenvalue weighted by Crippen LogP contribution is 2.28. The molecule has 0 saturated heterocycles. The van der Waals surface area contributed by atoms with E-state index in [9.17, 15) is 10.1 Å². The number of para-hydroxylation sites is 1. The Labute approximate surface area is 140 Å². The third kappa shape index (κ3) is 2.92. The van der Waals surface area contributed by atoms with Gasteiger partial charge >= 0.3 is 0 Å². The maximum atomic E-state index is 11.0. The van der Waals surface area contributed by atoms with Gasteiger partial charge in [-0.25, -0.2) is 9.98 Å². The van der Waals surface area contributed by atoms with Crippen molar-refractivity contribution in [3.63, 3.8) is 0 Å². The molecule has 0 amide bonds. The van der Waals surface area contributed by atoms with E-state index >= 15 is 0 Å². The summed E-state index contributed by atoms with van der Waals surface area (Å²) in [5.41, 5.74) is 12.7. The molecule has 0 aliphatic carbocycles. The summed E-state index contributed by atoms with van der Waals surface area (Å²) in [4.78, 5) is 19.0. The van der Waals surface area contributed by atoms with Crippen LogP contribution in [0.1, 0.15) is 11.1 Å². The van der Waals surface area contributed by atoms with E-state index in [1.54, 1.807) is 0 Å². The summed E-state index contributed by atoms with van der Waals surface area (Å²) in [5, 5.41) is 19.0. The smallest absolute Gasteiger partial charge is 0.270 e. The molecule has 0 aliphatic heterocycles. The van der Waals surface area contributed by atoms with E-state index in [0.29, 0.717) is 5.13 Å². The first kappa shape index (κ1) is 15.6. The number of thiazole rings is 1. The Morgan fingerprint density at radius 2 is 1.96 bits per heavy atom. The summed E-state index contributed by atoms with van der Waals surface area (Å²) in [6.45, 7) is 0. The molecule has 8 nitrogen and oxygen atoms in total. The molecule has 3 aromatic rings. The molecule has 0 spiro atoms. The Bertz CT molecular complexity index is 962. The van der Waals surface area contributed by atoms with Crippen LogP contribution in [-0.4, -0.2) is 21.6 Å². The number of amidine groups is 2. The number of non-ortho nitro benzene ring substituents is 1. The minimum Gasteiger partial charge on any atom is -0.384 e. The van der Waals surface area contributed by atoms with Crippen LogP contribution in [0.15, 0.2) is 47.5 Å². The van der Waals surface area contributed by atoms with Crippen LogP contribution in [0.2, 0.25) is 0 Å². The van der Waals surface area contributed by atoms with Gasteiger partial charge in [-0.3, -0.25) is 15.5 Å². The fourth-order valence-corrected chi connectivity index (χ4v) is 3.01. The van der Waals surface area contributed by atoms with Gasteiger partial charge in [-0.05, 0) is 18.2 Å². The zero-order valence-electron chi connectivity index (χ0n) is 12.3. The summed E-state index contributed by atoms with van der Waals surface area (Å²) in [6.07, 6.45) is 0. The molecule has 0 saturated carbocycles. The highest BCUT2D eigenvalue weighted by molar-refractivity contribution is 7.22. The van der Waals surface area contributed by atoms with Crippen molar-refractivity contribution in [3.05, 3.63) is 63.7 Å². The van der Waals surface area contributed by atoms with E-state index in [2.05, 4.69) is 9.98 Å². The molecule has 0 aliphatic rings. The fourth-order valence-electron chi connectivity index (χ4n) is 2.16. The van der Waals surface area contributed by atoms with Crippen LogP contribution in [0.25, 0.3) is 10.2 Å². The number of aromatic nitrogens is 1. The predicted molar refractivity (Wildman–Crippen MR) is 94.1 cm³/mol. The molecule has 5 N–H and O–H groups in total. The van der Waals surface area contributed by atoms with Crippen LogP contribution >= 0.6 is 11.3 Å². The topological polar surface area (TPSA) is 144 Å². The Morgan fingerprint density at radius 1 is 1.21 bits per heavy atom. The van der Waals surface area contributed by atoms with Crippen molar-refractivity contribution in [3.8, 4) is 0 Å². The number of nitro benzene ring substituents is 1. The minimum absolute atomic E-state index is 0.0166. The first-order valence-corrected chi connectivity index (χ1v) is 7.60. The number of benzene rings is 2. The Balaban J connectivity index is 2.10. The molecule has 9 heteroatoms. The van der Waals surface area contributed by atoms with Gasteiger partial charge < -0.3 is 11.5 Å². The molecule has 0 bridgehead atoms. The lowest BCUT2D eigenvalue weighted by atomic mass is 10.0. The Kier molecular flexibility index (Phi) is 3.92. The van der Waals surface area contributed by atoms with Gasteiger partial charge in [-0.15, -0.1) is 0 Å². The maximum absolute atomic E-state index is 11.0. The highest BCUT2D eigenvalue weighted by atomic mass is 32.1. The van der Waals surface area contributed by atoms with Crippen molar-refractivity contribution in [2.45, 2.75) is 0 Å². The minimum atomic E-state index is -0.543. The van der Waals surface area contributed by atoms with Crippen LogP contribution in [-0.2, 0) is 0 Å². The average molecular weight is 340 g/mol. The lowest BCUT2D eigenvalue weighted by molar-refractivity contribution is -0.384. The zero-order chi connectivity index (χ0) is 17.3. The number of aliphatic imine (C=N–C) groups is 1. The summed E-state index contributed by atoms with van der Waals surface area (Å²) in [7, 11) is 0. The molecule has 0 radical (unpaired) electrons. The number of hydrogen-bond acceptors (Lipinski definition) is 6. The fraction of sp³-hybridized carbons (Fsp3) is 0. The van der Waals surface area contributed by atoms with Gasteiger partial charge in [-0.1, -0.05) is 23.5 Å². The van der Waals surface area contributed by atoms with E-state index in [1.165, 1.54) is 29.5 Å². The normalized spacial score (nSPS) is 11.6. The monoisotopic (exact) mass is 340 g/mol. The molecule has 0 atom stereocenters. The van der Waals surface area contributed by atoms with Crippen molar-refractivity contribution in [1.82, 2.24) is 4.98 Å². The van der Waals surface area contributed by atoms with E-state index in [1.807, 2.05) is 24.3 Å². The number of nitro groups is 1. The Hall–Kier alpha value is -3.33. The van der Waals surface area contributed by atoms with E-state index in [-0.39, 0.29) is 28.5 Å². The lowest BCUT2D eigenvalue weighted by Crippen LogP contribution is -2.21. The standard InChI is InChI=1S/C15H12N6O2S/c16-13(17)9-6-5-8(21(22)23)7-10(9)14(18)20-15-19-11-3-1-2-4-12(11)24-15/h1-7H,(H3,16,17)(H2,18,19,20). The summed E-state index contributed by atoms with van der Waals surface area (Å²) in [5.74, 6) is -0.231. The number of rotatable bonds is 4. The first-order valence-electron chi connectivity index (χ1n) is 6.78. The second kappa shape index (κ2) is 6.05. The van der Waals surface area contributed by atoms with Crippen molar-refractivity contribution in [2.75, 3.05) is 0 Å². The third-order valence-electron chi connectivity index (χ3n) is 3.28. The molecule has 0 unspecified atom stereocenters. The van der Waals surface area contributed by atoms with Crippen LogP contribution in [0.4, 0.5) is 10.8 Å². The van der Waals surface area contributed by atoms with Gasteiger partial charge in [0.1, 0.15) is 11.7 Å². The molecule has 2 aromatic carbocycles. The van der Waals surface area contributed by atoms with Gasteiger partial charge in [-0.2, -0.15) is 0 Å². The zero-order valence-corrected chi connectivity index (χ0v) is 13.1. The van der Waals surface area contributed by atoms with Crippen molar-refractivity contribution >= 4 is 44.0 Å². The van der Waals surface area contributed by atoms with Gasteiger partial charge in [0.05, 0.1) is 15.1 Å².